The molecule has 1 aromatic heterocycles. The van der Waals surface area contributed by atoms with E-state index in [0.29, 0.717) is 11.2 Å². The highest BCUT2D eigenvalue weighted by atomic mass is 35.5. The van der Waals surface area contributed by atoms with Crippen molar-refractivity contribution in [2.24, 2.45) is 0 Å². The highest BCUT2D eigenvalue weighted by Gasteiger charge is 2.28. The molecule has 19 heavy (non-hydrogen) atoms. The fourth-order valence-electron chi connectivity index (χ4n) is 1.64. The highest BCUT2D eigenvalue weighted by Crippen LogP contribution is 2.38. The van der Waals surface area contributed by atoms with Crippen molar-refractivity contribution in [2.75, 3.05) is 0 Å². The molecule has 0 spiro atoms. The standard InChI is InChI=1S/C11H9ClN4O2S/c12-9-5-7(3-4-8(9)10(17)18)19-11-13-14-15-16(11)6-1-2-6/h3-6H,1-2H2,(H,17,18). The maximum atomic E-state index is 10.9. The summed E-state index contributed by atoms with van der Waals surface area (Å²) in [7, 11) is 0. The van der Waals surface area contributed by atoms with E-state index in [4.69, 9.17) is 16.7 Å². The lowest BCUT2D eigenvalue weighted by Gasteiger charge is -2.04. The Hall–Kier alpha value is -1.60. The van der Waals surface area contributed by atoms with E-state index < -0.39 is 5.97 Å². The maximum absolute atomic E-state index is 10.9. The van der Waals surface area contributed by atoms with E-state index in [2.05, 4.69) is 15.5 Å². The van der Waals surface area contributed by atoms with Gasteiger partial charge < -0.3 is 5.11 Å². The minimum atomic E-state index is -1.04. The second kappa shape index (κ2) is 4.82. The molecular weight excluding hydrogens is 288 g/mol. The summed E-state index contributed by atoms with van der Waals surface area (Å²) in [6, 6.07) is 5.19. The van der Waals surface area contributed by atoms with Crippen LogP contribution in [0.4, 0.5) is 0 Å². The number of carboxylic acids is 1. The van der Waals surface area contributed by atoms with Crippen LogP contribution >= 0.6 is 23.4 Å². The van der Waals surface area contributed by atoms with Crippen molar-refractivity contribution in [1.82, 2.24) is 20.2 Å². The van der Waals surface area contributed by atoms with Crippen LogP contribution in [0.5, 0.6) is 0 Å². The lowest BCUT2D eigenvalue weighted by Crippen LogP contribution is -1.99. The zero-order chi connectivity index (χ0) is 13.4. The molecule has 0 bridgehead atoms. The third-order valence-corrected chi connectivity index (χ3v) is 3.99. The molecule has 98 valence electrons. The molecule has 0 atom stereocenters. The number of carboxylic acid groups (broad SMARTS) is 1. The van der Waals surface area contributed by atoms with Gasteiger partial charge in [0.05, 0.1) is 16.6 Å². The van der Waals surface area contributed by atoms with Crippen LogP contribution in [0.1, 0.15) is 29.2 Å². The van der Waals surface area contributed by atoms with Crippen molar-refractivity contribution >= 4 is 29.3 Å². The van der Waals surface area contributed by atoms with Gasteiger partial charge in [0, 0.05) is 4.90 Å². The summed E-state index contributed by atoms with van der Waals surface area (Å²) in [5.74, 6) is -1.04. The molecule has 1 aliphatic carbocycles. The molecule has 1 N–H and O–H groups in total. The van der Waals surface area contributed by atoms with Crippen molar-refractivity contribution in [3.8, 4) is 0 Å². The second-order valence-corrected chi connectivity index (χ2v) is 5.63. The fourth-order valence-corrected chi connectivity index (χ4v) is 2.85. The van der Waals surface area contributed by atoms with Crippen LogP contribution in [0, 0.1) is 0 Å². The number of benzene rings is 1. The molecule has 1 heterocycles. The van der Waals surface area contributed by atoms with Crippen LogP contribution in [-0.2, 0) is 0 Å². The van der Waals surface area contributed by atoms with Gasteiger partial charge >= 0.3 is 5.97 Å². The van der Waals surface area contributed by atoms with Crippen LogP contribution in [-0.4, -0.2) is 31.3 Å². The van der Waals surface area contributed by atoms with Crippen molar-refractivity contribution < 1.29 is 9.90 Å². The number of tetrazole rings is 1. The van der Waals surface area contributed by atoms with E-state index in [1.54, 1.807) is 16.8 Å². The first-order valence-electron chi connectivity index (χ1n) is 5.63. The van der Waals surface area contributed by atoms with Crippen LogP contribution < -0.4 is 0 Å². The monoisotopic (exact) mass is 296 g/mol. The number of hydrogen-bond donors (Lipinski definition) is 1. The fraction of sp³-hybridized carbons (Fsp3) is 0.273. The zero-order valence-electron chi connectivity index (χ0n) is 9.65. The third kappa shape index (κ3) is 2.57. The van der Waals surface area contributed by atoms with Gasteiger partial charge in [0.25, 0.3) is 0 Å². The summed E-state index contributed by atoms with van der Waals surface area (Å²) < 4.78 is 1.80. The number of hydrogen-bond acceptors (Lipinski definition) is 5. The first-order valence-corrected chi connectivity index (χ1v) is 6.83. The summed E-state index contributed by atoms with van der Waals surface area (Å²) >= 11 is 7.30. The van der Waals surface area contributed by atoms with E-state index in [1.165, 1.54) is 17.8 Å². The summed E-state index contributed by atoms with van der Waals surface area (Å²) in [5.41, 5.74) is 0.0906. The van der Waals surface area contributed by atoms with Crippen LogP contribution in [0.2, 0.25) is 5.02 Å². The van der Waals surface area contributed by atoms with E-state index in [-0.39, 0.29) is 10.6 Å². The Labute approximate surface area is 117 Å². The quantitative estimate of drug-likeness (QED) is 0.933. The smallest absolute Gasteiger partial charge is 0.337 e. The topological polar surface area (TPSA) is 80.9 Å². The van der Waals surface area contributed by atoms with Gasteiger partial charge in [-0.3, -0.25) is 0 Å². The van der Waals surface area contributed by atoms with Crippen molar-refractivity contribution in [1.29, 1.82) is 0 Å². The van der Waals surface area contributed by atoms with Crippen LogP contribution in [0.3, 0.4) is 0 Å². The van der Waals surface area contributed by atoms with E-state index >= 15 is 0 Å². The van der Waals surface area contributed by atoms with Gasteiger partial charge in [-0.2, -0.15) is 0 Å². The Morgan fingerprint density at radius 1 is 1.47 bits per heavy atom. The number of aromatic nitrogens is 4. The number of carbonyl (C=O) groups is 1. The van der Waals surface area contributed by atoms with E-state index in [0.717, 1.165) is 17.7 Å². The molecule has 0 radical (unpaired) electrons. The Morgan fingerprint density at radius 2 is 2.26 bits per heavy atom. The predicted octanol–water partition coefficient (Wildman–Crippen LogP) is 2.51. The minimum absolute atomic E-state index is 0.0906. The minimum Gasteiger partial charge on any atom is -0.478 e. The molecule has 0 aliphatic heterocycles. The molecule has 0 saturated heterocycles. The van der Waals surface area contributed by atoms with Gasteiger partial charge in [-0.05, 0) is 53.2 Å². The summed E-state index contributed by atoms with van der Waals surface area (Å²) in [4.78, 5) is 11.7. The molecular formula is C11H9ClN4O2S. The molecule has 0 amide bonds. The third-order valence-electron chi connectivity index (χ3n) is 2.74. The molecule has 1 saturated carbocycles. The van der Waals surface area contributed by atoms with Gasteiger partial charge in [0.1, 0.15) is 0 Å². The molecule has 2 aromatic rings. The molecule has 8 heteroatoms. The van der Waals surface area contributed by atoms with Crippen molar-refractivity contribution in [3.05, 3.63) is 28.8 Å². The normalized spacial score (nSPS) is 14.6. The number of halogens is 1. The Morgan fingerprint density at radius 3 is 2.89 bits per heavy atom. The van der Waals surface area contributed by atoms with Crippen molar-refractivity contribution in [2.45, 2.75) is 28.9 Å². The Bertz CT molecular complexity index is 641. The summed E-state index contributed by atoms with van der Waals surface area (Å²) in [5, 5.41) is 21.4. The lowest BCUT2D eigenvalue weighted by molar-refractivity contribution is 0.0697. The zero-order valence-corrected chi connectivity index (χ0v) is 11.2. The van der Waals surface area contributed by atoms with Crippen molar-refractivity contribution in [3.63, 3.8) is 0 Å². The lowest BCUT2D eigenvalue weighted by atomic mass is 10.2. The first-order chi connectivity index (χ1) is 9.15. The van der Waals surface area contributed by atoms with Crippen LogP contribution in [0.25, 0.3) is 0 Å². The second-order valence-electron chi connectivity index (χ2n) is 4.19. The Balaban J connectivity index is 1.85. The molecule has 3 rings (SSSR count). The maximum Gasteiger partial charge on any atom is 0.337 e. The highest BCUT2D eigenvalue weighted by molar-refractivity contribution is 7.99. The molecule has 1 aliphatic rings. The molecule has 0 unspecified atom stereocenters. The van der Waals surface area contributed by atoms with Gasteiger partial charge in [-0.15, -0.1) is 5.10 Å². The van der Waals surface area contributed by atoms with E-state index in [1.807, 2.05) is 0 Å². The predicted molar refractivity (Wildman–Crippen MR) is 68.6 cm³/mol. The van der Waals surface area contributed by atoms with E-state index in [9.17, 15) is 4.79 Å². The van der Waals surface area contributed by atoms with Gasteiger partial charge in [-0.1, -0.05) is 11.6 Å². The van der Waals surface area contributed by atoms with Crippen LogP contribution in [0.15, 0.2) is 28.3 Å². The Kier molecular flexibility index (Phi) is 3.16. The first kappa shape index (κ1) is 12.4. The SMILES string of the molecule is O=C(O)c1ccc(Sc2nnnn2C2CC2)cc1Cl. The average molecular weight is 297 g/mol. The number of aromatic carboxylic acids is 1. The summed E-state index contributed by atoms with van der Waals surface area (Å²) in [6.45, 7) is 0. The molecule has 1 aromatic carbocycles. The van der Waals surface area contributed by atoms with Gasteiger partial charge in [0.2, 0.25) is 5.16 Å². The number of rotatable bonds is 4. The molecule has 1 fully saturated rings. The van der Waals surface area contributed by atoms with Gasteiger partial charge in [-0.25, -0.2) is 9.48 Å². The average Bonchev–Trinajstić information content (AvgIpc) is 3.10. The largest absolute Gasteiger partial charge is 0.478 e. The molecule has 6 nitrogen and oxygen atoms in total. The van der Waals surface area contributed by atoms with Gasteiger partial charge in [0.15, 0.2) is 0 Å². The number of nitrogens with zero attached hydrogens (tertiary/aromatic N) is 4. The summed E-state index contributed by atoms with van der Waals surface area (Å²) in [6.07, 6.45) is 2.19.